The molecule has 0 saturated heterocycles. The number of ether oxygens (including phenoxy) is 2. The number of hydrogen-bond acceptors (Lipinski definition) is 5. The number of nitrogens with zero attached hydrogens (tertiary/aromatic N) is 1. The second-order valence-corrected chi connectivity index (χ2v) is 5.25. The maximum atomic E-state index is 10.8. The molecule has 2 atom stereocenters. The van der Waals surface area contributed by atoms with Gasteiger partial charge in [0.15, 0.2) is 11.5 Å². The Hall–Kier alpha value is -0.890. The maximum absolute atomic E-state index is 10.8. The first kappa shape index (κ1) is 12.6. The van der Waals surface area contributed by atoms with Crippen LogP contribution in [0.2, 0.25) is 0 Å². The number of fused-ring (bicyclic) bond motifs is 1. The summed E-state index contributed by atoms with van der Waals surface area (Å²) in [7, 11) is 0. The molecule has 0 fully saturated rings. The van der Waals surface area contributed by atoms with E-state index in [1.807, 2.05) is 22.6 Å². The summed E-state index contributed by atoms with van der Waals surface area (Å²) >= 11 is 2.01. The highest BCUT2D eigenvalue weighted by Crippen LogP contribution is 2.35. The molecule has 92 valence electrons. The van der Waals surface area contributed by atoms with Crippen LogP contribution in [0, 0.1) is 4.91 Å². The highest BCUT2D eigenvalue weighted by molar-refractivity contribution is 14.1. The average Bonchev–Trinajstić information content (AvgIpc) is 2.39. The van der Waals surface area contributed by atoms with Crippen molar-refractivity contribution >= 4 is 22.6 Å². The summed E-state index contributed by atoms with van der Waals surface area (Å²) in [4.78, 5) is 10.8. The van der Waals surface area contributed by atoms with E-state index < -0.39 is 6.04 Å². The minimum Gasteiger partial charge on any atom is -0.486 e. The zero-order chi connectivity index (χ0) is 12.3. The van der Waals surface area contributed by atoms with Gasteiger partial charge in [0.25, 0.3) is 0 Å². The molecule has 1 unspecified atom stereocenters. The normalized spacial score (nSPS) is 17.3. The van der Waals surface area contributed by atoms with Gasteiger partial charge >= 0.3 is 0 Å². The Morgan fingerprint density at radius 2 is 2.06 bits per heavy atom. The largest absolute Gasteiger partial charge is 0.486 e. The van der Waals surface area contributed by atoms with Gasteiger partial charge in [-0.15, -0.1) is 0 Å². The molecular formula is C11H12INO4. The number of benzene rings is 1. The summed E-state index contributed by atoms with van der Waals surface area (Å²) in [5.74, 6) is 1.31. The summed E-state index contributed by atoms with van der Waals surface area (Å²) < 4.78 is 10.6. The van der Waals surface area contributed by atoms with E-state index in [0.29, 0.717) is 24.7 Å². The van der Waals surface area contributed by atoms with Gasteiger partial charge in [-0.05, 0) is 17.7 Å². The zero-order valence-corrected chi connectivity index (χ0v) is 11.2. The Kier molecular flexibility index (Phi) is 4.16. The van der Waals surface area contributed by atoms with Gasteiger partial charge in [0, 0.05) is 0 Å². The third-order valence-electron chi connectivity index (χ3n) is 2.54. The van der Waals surface area contributed by atoms with E-state index >= 15 is 0 Å². The van der Waals surface area contributed by atoms with Crippen molar-refractivity contribution in [3.63, 3.8) is 0 Å². The number of aliphatic hydroxyl groups excluding tert-OH is 1. The van der Waals surface area contributed by atoms with E-state index in [-0.39, 0.29) is 10.5 Å². The van der Waals surface area contributed by atoms with Crippen molar-refractivity contribution in [1.29, 1.82) is 0 Å². The Morgan fingerprint density at radius 1 is 1.35 bits per heavy atom. The number of hydrogen-bond donors (Lipinski definition) is 1. The fourth-order valence-corrected chi connectivity index (χ4v) is 2.23. The van der Waals surface area contributed by atoms with Gasteiger partial charge in [0.05, 0.1) is 10.5 Å². The average molecular weight is 349 g/mol. The molecular weight excluding hydrogens is 337 g/mol. The maximum Gasteiger partial charge on any atom is 0.161 e. The second-order valence-electron chi connectivity index (χ2n) is 3.65. The van der Waals surface area contributed by atoms with Crippen LogP contribution in [0.3, 0.4) is 0 Å². The third kappa shape index (κ3) is 2.68. The predicted octanol–water partition coefficient (Wildman–Crippen LogP) is 2.06. The molecule has 0 saturated carbocycles. The molecule has 1 aliphatic rings. The monoisotopic (exact) mass is 349 g/mol. The van der Waals surface area contributed by atoms with Gasteiger partial charge in [0.2, 0.25) is 0 Å². The van der Waals surface area contributed by atoms with Gasteiger partial charge in [0.1, 0.15) is 19.3 Å². The topological polar surface area (TPSA) is 68.1 Å². The van der Waals surface area contributed by atoms with Crippen molar-refractivity contribution in [1.82, 2.24) is 0 Å². The summed E-state index contributed by atoms with van der Waals surface area (Å²) in [5, 5.41) is 12.1. The minimum absolute atomic E-state index is 0.0919. The Labute approximate surface area is 112 Å². The molecule has 1 heterocycles. The molecule has 2 rings (SSSR count). The van der Waals surface area contributed by atoms with Crippen molar-refractivity contribution in [3.05, 3.63) is 28.7 Å². The van der Waals surface area contributed by atoms with Crippen molar-refractivity contribution in [3.8, 4) is 11.5 Å². The summed E-state index contributed by atoms with van der Waals surface area (Å²) in [5.41, 5.74) is 0.734. The summed E-state index contributed by atoms with van der Waals surface area (Å²) in [6.45, 7) is 0.946. The lowest BCUT2D eigenvalue weighted by Gasteiger charge is -2.20. The first-order valence-corrected chi connectivity index (χ1v) is 6.47. The van der Waals surface area contributed by atoms with Gasteiger partial charge in [-0.25, -0.2) is 0 Å². The van der Waals surface area contributed by atoms with E-state index in [4.69, 9.17) is 14.6 Å². The highest BCUT2D eigenvalue weighted by Gasteiger charge is 2.23. The van der Waals surface area contributed by atoms with Crippen molar-refractivity contribution in [2.75, 3.05) is 19.8 Å². The molecule has 1 aromatic rings. The quantitative estimate of drug-likeness (QED) is 0.513. The minimum atomic E-state index is -0.573. The lowest BCUT2D eigenvalue weighted by atomic mass is 10.0. The van der Waals surface area contributed by atoms with Crippen LogP contribution < -0.4 is 9.47 Å². The summed E-state index contributed by atoms with van der Waals surface area (Å²) in [6, 6.07) is 4.72. The van der Waals surface area contributed by atoms with Crippen LogP contribution in [-0.4, -0.2) is 28.9 Å². The van der Waals surface area contributed by atoms with Gasteiger partial charge in [-0.2, -0.15) is 4.91 Å². The van der Waals surface area contributed by atoms with Crippen LogP contribution in [0.1, 0.15) is 11.6 Å². The molecule has 0 aromatic heterocycles. The molecule has 0 bridgehead atoms. The highest BCUT2D eigenvalue weighted by atomic mass is 127. The molecule has 6 heteroatoms. The van der Waals surface area contributed by atoms with Crippen molar-refractivity contribution in [2.45, 2.75) is 9.97 Å². The van der Waals surface area contributed by atoms with Gasteiger partial charge in [-0.3, -0.25) is 0 Å². The van der Waals surface area contributed by atoms with E-state index in [0.717, 1.165) is 5.56 Å². The third-order valence-corrected chi connectivity index (χ3v) is 3.61. The smallest absolute Gasteiger partial charge is 0.161 e. The number of alkyl halides is 1. The molecule has 0 radical (unpaired) electrons. The first-order valence-electron chi connectivity index (χ1n) is 5.23. The molecule has 0 spiro atoms. The fourth-order valence-electron chi connectivity index (χ4n) is 1.68. The Bertz CT molecular complexity index is 412. The molecule has 5 nitrogen and oxygen atoms in total. The van der Waals surface area contributed by atoms with Gasteiger partial charge < -0.3 is 14.6 Å². The summed E-state index contributed by atoms with van der Waals surface area (Å²) in [6.07, 6.45) is 0. The number of aliphatic hydroxyl groups is 1. The molecule has 1 aromatic carbocycles. The van der Waals surface area contributed by atoms with Crippen LogP contribution in [0.15, 0.2) is 23.4 Å². The predicted molar refractivity (Wildman–Crippen MR) is 70.9 cm³/mol. The fraction of sp³-hybridized carbons (Fsp3) is 0.455. The SMILES string of the molecule is O=N[C@@H](c1ccc2c(c1)OCCO2)C(I)CO. The number of nitroso groups, excluding NO2 is 1. The van der Waals surface area contributed by atoms with E-state index in [2.05, 4.69) is 5.18 Å². The van der Waals surface area contributed by atoms with Crippen molar-refractivity contribution in [2.24, 2.45) is 5.18 Å². The lowest BCUT2D eigenvalue weighted by Crippen LogP contribution is -2.17. The Balaban J connectivity index is 2.28. The van der Waals surface area contributed by atoms with E-state index in [9.17, 15) is 4.91 Å². The van der Waals surface area contributed by atoms with Crippen LogP contribution in [0.4, 0.5) is 0 Å². The number of rotatable bonds is 4. The van der Waals surface area contributed by atoms with Crippen LogP contribution in [0.25, 0.3) is 0 Å². The van der Waals surface area contributed by atoms with E-state index in [1.54, 1.807) is 18.2 Å². The molecule has 0 amide bonds. The first-order chi connectivity index (χ1) is 8.26. The standard InChI is InChI=1S/C11H12INO4/c12-8(6-14)11(13-15)7-1-2-9-10(5-7)17-4-3-16-9/h1-2,5,8,11,14H,3-4,6H2/t8?,11-/m0/s1. The molecule has 1 N–H and O–H groups in total. The van der Waals surface area contributed by atoms with Crippen LogP contribution in [-0.2, 0) is 0 Å². The van der Waals surface area contributed by atoms with Crippen molar-refractivity contribution < 1.29 is 14.6 Å². The van der Waals surface area contributed by atoms with Crippen LogP contribution in [0.5, 0.6) is 11.5 Å². The molecule has 17 heavy (non-hydrogen) atoms. The van der Waals surface area contributed by atoms with Crippen LogP contribution >= 0.6 is 22.6 Å². The second kappa shape index (κ2) is 5.63. The Morgan fingerprint density at radius 3 is 2.71 bits per heavy atom. The zero-order valence-electron chi connectivity index (χ0n) is 9.01. The lowest BCUT2D eigenvalue weighted by molar-refractivity contribution is 0.171. The van der Waals surface area contributed by atoms with Gasteiger partial charge in [-0.1, -0.05) is 33.8 Å². The van der Waals surface area contributed by atoms with E-state index in [1.165, 1.54) is 0 Å². The number of halogens is 1. The molecule has 1 aliphatic heterocycles. The molecule has 0 aliphatic carbocycles.